The van der Waals surface area contributed by atoms with Crippen LogP contribution in [-0.2, 0) is 4.79 Å². The Bertz CT molecular complexity index is 1260. The van der Waals surface area contributed by atoms with E-state index in [2.05, 4.69) is 15.3 Å². The van der Waals surface area contributed by atoms with E-state index in [1.165, 1.54) is 7.11 Å². The van der Waals surface area contributed by atoms with Crippen LogP contribution in [0.25, 0.3) is 22.7 Å². The number of methoxy groups -OCH3 is 1. The van der Waals surface area contributed by atoms with Crippen molar-refractivity contribution >= 4 is 28.6 Å². The van der Waals surface area contributed by atoms with Gasteiger partial charge in [0.25, 0.3) is 0 Å². The third-order valence-electron chi connectivity index (χ3n) is 5.21. The lowest BCUT2D eigenvalue weighted by Crippen LogP contribution is -2.20. The molecule has 0 aliphatic heterocycles. The lowest BCUT2D eigenvalue weighted by Gasteiger charge is -2.15. The highest BCUT2D eigenvalue weighted by Crippen LogP contribution is 2.36. The number of benzene rings is 2. The van der Waals surface area contributed by atoms with Gasteiger partial charge in [-0.3, -0.25) is 9.59 Å². The van der Waals surface area contributed by atoms with E-state index in [1.54, 1.807) is 48.7 Å². The van der Waals surface area contributed by atoms with Gasteiger partial charge in [-0.25, -0.2) is 4.98 Å². The molecule has 2 aromatic carbocycles. The SMILES string of the molecule is COc1ccc(-c2nc3ncccc3o2)cc1NC(=O)[C@@H]1CC(=O)c2ccccc21. The highest BCUT2D eigenvalue weighted by atomic mass is 16.5. The van der Waals surface area contributed by atoms with Crippen LogP contribution in [0.4, 0.5) is 5.69 Å². The van der Waals surface area contributed by atoms with E-state index in [1.807, 2.05) is 12.1 Å². The van der Waals surface area contributed by atoms with Gasteiger partial charge in [-0.05, 0) is 35.9 Å². The predicted octanol–water partition coefficient (Wildman–Crippen LogP) is 4.21. The first-order valence-corrected chi connectivity index (χ1v) is 9.47. The Balaban J connectivity index is 1.47. The topological polar surface area (TPSA) is 94.3 Å². The van der Waals surface area contributed by atoms with Gasteiger partial charge < -0.3 is 14.5 Å². The molecule has 148 valence electrons. The second kappa shape index (κ2) is 7.11. The average molecular weight is 399 g/mol. The van der Waals surface area contributed by atoms with Crippen molar-refractivity contribution in [1.29, 1.82) is 0 Å². The quantitative estimate of drug-likeness (QED) is 0.552. The Hall–Kier alpha value is -4.00. The van der Waals surface area contributed by atoms with E-state index in [0.717, 1.165) is 5.56 Å². The number of fused-ring (bicyclic) bond motifs is 2. The van der Waals surface area contributed by atoms with Crippen LogP contribution >= 0.6 is 0 Å². The first-order valence-electron chi connectivity index (χ1n) is 9.47. The van der Waals surface area contributed by atoms with Gasteiger partial charge in [-0.2, -0.15) is 4.98 Å². The molecule has 0 fully saturated rings. The maximum absolute atomic E-state index is 13.0. The zero-order valence-electron chi connectivity index (χ0n) is 16.1. The molecule has 1 aliphatic rings. The lowest BCUT2D eigenvalue weighted by atomic mass is 10.0. The molecule has 7 heteroatoms. The van der Waals surface area contributed by atoms with Gasteiger partial charge in [0.15, 0.2) is 17.0 Å². The van der Waals surface area contributed by atoms with Crippen molar-refractivity contribution in [3.8, 4) is 17.2 Å². The van der Waals surface area contributed by atoms with Gasteiger partial charge in [0.1, 0.15) is 5.75 Å². The Morgan fingerprint density at radius 3 is 2.87 bits per heavy atom. The smallest absolute Gasteiger partial charge is 0.232 e. The summed E-state index contributed by atoms with van der Waals surface area (Å²) in [5, 5.41) is 2.91. The molecule has 1 N–H and O–H groups in total. The molecule has 0 saturated heterocycles. The minimum Gasteiger partial charge on any atom is -0.495 e. The number of oxazole rings is 1. The van der Waals surface area contributed by atoms with Crippen LogP contribution in [0.5, 0.6) is 5.75 Å². The highest BCUT2D eigenvalue weighted by molar-refractivity contribution is 6.09. The fraction of sp³-hybridized carbons (Fsp3) is 0.130. The van der Waals surface area contributed by atoms with E-state index >= 15 is 0 Å². The number of nitrogens with one attached hydrogen (secondary N) is 1. The number of hydrogen-bond acceptors (Lipinski definition) is 6. The number of hydrogen-bond donors (Lipinski definition) is 1. The molecule has 1 aliphatic carbocycles. The summed E-state index contributed by atoms with van der Waals surface area (Å²) in [6.07, 6.45) is 1.80. The summed E-state index contributed by atoms with van der Waals surface area (Å²) in [5.74, 6) is 0.0752. The summed E-state index contributed by atoms with van der Waals surface area (Å²) in [5.41, 5.74) is 3.60. The van der Waals surface area contributed by atoms with Crippen molar-refractivity contribution in [2.75, 3.05) is 12.4 Å². The number of pyridine rings is 1. The largest absolute Gasteiger partial charge is 0.495 e. The van der Waals surface area contributed by atoms with Crippen molar-refractivity contribution in [1.82, 2.24) is 9.97 Å². The Labute approximate surface area is 171 Å². The Morgan fingerprint density at radius 1 is 1.17 bits per heavy atom. The molecule has 2 heterocycles. The standard InChI is InChI=1S/C23H17N3O4/c1-29-19-9-8-13(23-26-21-20(30-23)7-4-10-24-21)11-17(19)25-22(28)16-12-18(27)15-6-3-2-5-14(15)16/h2-11,16H,12H2,1H3,(H,25,28)/t16-/m1/s1. The molecule has 0 saturated carbocycles. The van der Waals surface area contributed by atoms with E-state index in [0.29, 0.717) is 39.7 Å². The number of anilines is 1. The summed E-state index contributed by atoms with van der Waals surface area (Å²) < 4.78 is 11.2. The van der Waals surface area contributed by atoms with Crippen LogP contribution in [0.3, 0.4) is 0 Å². The normalized spacial score (nSPS) is 15.2. The zero-order chi connectivity index (χ0) is 20.7. The summed E-state index contributed by atoms with van der Waals surface area (Å²) in [6, 6.07) is 16.1. The van der Waals surface area contributed by atoms with Crippen molar-refractivity contribution in [3.05, 3.63) is 71.9 Å². The molecular formula is C23H17N3O4. The van der Waals surface area contributed by atoms with Crippen LogP contribution in [0.15, 0.2) is 65.2 Å². The van der Waals surface area contributed by atoms with E-state index in [-0.39, 0.29) is 18.1 Å². The molecule has 7 nitrogen and oxygen atoms in total. The average Bonchev–Trinajstić information content (AvgIpc) is 3.35. The third-order valence-corrected chi connectivity index (χ3v) is 5.21. The second-order valence-corrected chi connectivity index (χ2v) is 7.02. The number of ether oxygens (including phenoxy) is 1. The maximum Gasteiger partial charge on any atom is 0.232 e. The molecular weight excluding hydrogens is 382 g/mol. The maximum atomic E-state index is 13.0. The molecule has 5 rings (SSSR count). The Kier molecular flexibility index (Phi) is 4.28. The number of rotatable bonds is 4. The monoisotopic (exact) mass is 399 g/mol. The lowest BCUT2D eigenvalue weighted by molar-refractivity contribution is -0.117. The van der Waals surface area contributed by atoms with Crippen LogP contribution in [0, 0.1) is 0 Å². The van der Waals surface area contributed by atoms with Gasteiger partial charge in [0.05, 0.1) is 18.7 Å². The van der Waals surface area contributed by atoms with Crippen LogP contribution < -0.4 is 10.1 Å². The van der Waals surface area contributed by atoms with Crippen LogP contribution in [-0.4, -0.2) is 28.8 Å². The number of amides is 1. The minimum atomic E-state index is -0.532. The van der Waals surface area contributed by atoms with E-state index < -0.39 is 5.92 Å². The highest BCUT2D eigenvalue weighted by Gasteiger charge is 2.34. The number of nitrogens with zero attached hydrogens (tertiary/aromatic N) is 2. The fourth-order valence-electron chi connectivity index (χ4n) is 3.75. The molecule has 4 aromatic rings. The van der Waals surface area contributed by atoms with Crippen molar-refractivity contribution in [2.45, 2.75) is 12.3 Å². The van der Waals surface area contributed by atoms with Crippen LogP contribution in [0.2, 0.25) is 0 Å². The van der Waals surface area contributed by atoms with Gasteiger partial charge in [0.2, 0.25) is 11.8 Å². The first-order chi connectivity index (χ1) is 14.6. The Morgan fingerprint density at radius 2 is 2.03 bits per heavy atom. The summed E-state index contributed by atoms with van der Waals surface area (Å²) in [4.78, 5) is 33.8. The van der Waals surface area contributed by atoms with Crippen molar-refractivity contribution < 1.29 is 18.7 Å². The molecule has 30 heavy (non-hydrogen) atoms. The number of ketones is 1. The van der Waals surface area contributed by atoms with Crippen LogP contribution in [0.1, 0.15) is 28.3 Å². The van der Waals surface area contributed by atoms with Crippen molar-refractivity contribution in [2.24, 2.45) is 0 Å². The summed E-state index contributed by atoms with van der Waals surface area (Å²) in [7, 11) is 1.53. The van der Waals surface area contributed by atoms with Gasteiger partial charge in [-0.15, -0.1) is 0 Å². The van der Waals surface area contributed by atoms with E-state index in [4.69, 9.17) is 9.15 Å². The van der Waals surface area contributed by atoms with Gasteiger partial charge >= 0.3 is 0 Å². The fourth-order valence-corrected chi connectivity index (χ4v) is 3.75. The molecule has 0 unspecified atom stereocenters. The predicted molar refractivity (Wildman–Crippen MR) is 111 cm³/mol. The number of aromatic nitrogens is 2. The van der Waals surface area contributed by atoms with Crippen molar-refractivity contribution in [3.63, 3.8) is 0 Å². The molecule has 1 amide bonds. The number of Topliss-reactive ketones (excluding diaryl/α,β-unsaturated/α-hetero) is 1. The molecule has 1 atom stereocenters. The summed E-state index contributed by atoms with van der Waals surface area (Å²) in [6.45, 7) is 0. The molecule has 0 radical (unpaired) electrons. The number of carbonyl (C=O) groups excluding carboxylic acids is 2. The third kappa shape index (κ3) is 3.00. The first kappa shape index (κ1) is 18.1. The number of carbonyl (C=O) groups is 2. The van der Waals surface area contributed by atoms with E-state index in [9.17, 15) is 9.59 Å². The van der Waals surface area contributed by atoms with Gasteiger partial charge in [-0.1, -0.05) is 24.3 Å². The minimum absolute atomic E-state index is 0.0227. The summed E-state index contributed by atoms with van der Waals surface area (Å²) >= 11 is 0. The molecule has 0 bridgehead atoms. The zero-order valence-corrected chi connectivity index (χ0v) is 16.1. The molecule has 2 aromatic heterocycles. The van der Waals surface area contributed by atoms with Gasteiger partial charge in [0, 0.05) is 23.7 Å². The molecule has 0 spiro atoms. The second-order valence-electron chi connectivity index (χ2n) is 7.02.